The SMILES string of the molecule is CC1C(N)CCCN1c1n[nH]c(-c2ccc(C#N)cn2)n1. The molecule has 1 aliphatic heterocycles. The van der Waals surface area contributed by atoms with Crippen molar-refractivity contribution in [1.29, 1.82) is 5.26 Å². The number of anilines is 1. The highest BCUT2D eigenvalue weighted by Crippen LogP contribution is 2.22. The van der Waals surface area contributed by atoms with E-state index in [1.54, 1.807) is 12.1 Å². The molecule has 0 spiro atoms. The monoisotopic (exact) mass is 283 g/mol. The van der Waals surface area contributed by atoms with Crippen molar-refractivity contribution < 1.29 is 0 Å². The highest BCUT2D eigenvalue weighted by atomic mass is 15.4. The highest BCUT2D eigenvalue weighted by molar-refractivity contribution is 5.52. The van der Waals surface area contributed by atoms with Crippen molar-refractivity contribution in [2.45, 2.75) is 31.8 Å². The summed E-state index contributed by atoms with van der Waals surface area (Å²) in [5.41, 5.74) is 7.30. The lowest BCUT2D eigenvalue weighted by Crippen LogP contribution is -2.50. The van der Waals surface area contributed by atoms with Crippen molar-refractivity contribution in [2.24, 2.45) is 5.73 Å². The van der Waals surface area contributed by atoms with Gasteiger partial charge in [-0.05, 0) is 31.9 Å². The summed E-state index contributed by atoms with van der Waals surface area (Å²) in [6.45, 7) is 3.01. The van der Waals surface area contributed by atoms with Crippen LogP contribution in [0, 0.1) is 11.3 Å². The summed E-state index contributed by atoms with van der Waals surface area (Å²) < 4.78 is 0. The average Bonchev–Trinajstić information content (AvgIpc) is 3.00. The number of hydrogen-bond donors (Lipinski definition) is 2. The molecule has 2 atom stereocenters. The molecule has 0 saturated carbocycles. The van der Waals surface area contributed by atoms with E-state index in [1.807, 2.05) is 6.07 Å². The van der Waals surface area contributed by atoms with E-state index in [1.165, 1.54) is 6.20 Å². The Labute approximate surface area is 122 Å². The molecule has 7 nitrogen and oxygen atoms in total. The van der Waals surface area contributed by atoms with Gasteiger partial charge in [0.15, 0.2) is 5.82 Å². The van der Waals surface area contributed by atoms with Crippen LogP contribution in [0.2, 0.25) is 0 Å². The van der Waals surface area contributed by atoms with Crippen LogP contribution in [0.4, 0.5) is 5.95 Å². The van der Waals surface area contributed by atoms with Crippen molar-refractivity contribution >= 4 is 5.95 Å². The Bertz CT molecular complexity index is 655. The summed E-state index contributed by atoms with van der Waals surface area (Å²) in [5, 5.41) is 16.0. The van der Waals surface area contributed by atoms with Gasteiger partial charge in [-0.25, -0.2) is 0 Å². The first kappa shape index (κ1) is 13.5. The van der Waals surface area contributed by atoms with Gasteiger partial charge in [-0.2, -0.15) is 10.2 Å². The Morgan fingerprint density at radius 3 is 3.05 bits per heavy atom. The molecule has 3 rings (SSSR count). The number of H-pyrrole nitrogens is 1. The van der Waals surface area contributed by atoms with Crippen molar-refractivity contribution in [3.8, 4) is 17.6 Å². The van der Waals surface area contributed by atoms with Crippen LogP contribution < -0.4 is 10.6 Å². The summed E-state index contributed by atoms with van der Waals surface area (Å²) in [6.07, 6.45) is 3.60. The maximum Gasteiger partial charge on any atom is 0.245 e. The van der Waals surface area contributed by atoms with Crippen LogP contribution in [0.15, 0.2) is 18.3 Å². The first-order chi connectivity index (χ1) is 10.2. The molecule has 2 aromatic rings. The maximum absolute atomic E-state index is 8.78. The molecule has 1 saturated heterocycles. The fourth-order valence-electron chi connectivity index (χ4n) is 2.55. The Balaban J connectivity index is 1.84. The van der Waals surface area contributed by atoms with E-state index in [4.69, 9.17) is 11.0 Å². The second-order valence-corrected chi connectivity index (χ2v) is 5.27. The predicted molar refractivity (Wildman–Crippen MR) is 78.3 cm³/mol. The second-order valence-electron chi connectivity index (χ2n) is 5.27. The van der Waals surface area contributed by atoms with Crippen molar-refractivity contribution in [3.05, 3.63) is 23.9 Å². The number of aromatic amines is 1. The van der Waals surface area contributed by atoms with Crippen molar-refractivity contribution in [1.82, 2.24) is 20.2 Å². The summed E-state index contributed by atoms with van der Waals surface area (Å²) in [7, 11) is 0. The molecule has 0 amide bonds. The molecule has 0 bridgehead atoms. The first-order valence-corrected chi connectivity index (χ1v) is 7.00. The number of nitrogens with one attached hydrogen (secondary N) is 1. The van der Waals surface area contributed by atoms with Gasteiger partial charge in [-0.3, -0.25) is 10.1 Å². The molecule has 1 aliphatic rings. The molecule has 3 heterocycles. The minimum atomic E-state index is 0.147. The number of pyridine rings is 1. The van der Waals surface area contributed by atoms with Crippen LogP contribution in [0.25, 0.3) is 11.5 Å². The lowest BCUT2D eigenvalue weighted by molar-refractivity contribution is 0.416. The standard InChI is InChI=1S/C14H17N7/c1-9-11(16)3-2-6-21(9)14-18-13(19-20-14)12-5-4-10(7-15)8-17-12/h4-5,8-9,11H,2-3,6,16H2,1H3,(H,18,19,20). The van der Waals surface area contributed by atoms with Crippen LogP contribution in [0.5, 0.6) is 0 Å². The van der Waals surface area contributed by atoms with Crippen LogP contribution in [-0.2, 0) is 0 Å². The fraction of sp³-hybridized carbons (Fsp3) is 0.429. The number of hydrogen-bond acceptors (Lipinski definition) is 6. The topological polar surface area (TPSA) is 108 Å². The minimum Gasteiger partial charge on any atom is -0.335 e. The molecule has 2 aromatic heterocycles. The van der Waals surface area contributed by atoms with Crippen LogP contribution in [-0.4, -0.2) is 38.8 Å². The lowest BCUT2D eigenvalue weighted by atomic mass is 9.99. The first-order valence-electron chi connectivity index (χ1n) is 7.00. The smallest absolute Gasteiger partial charge is 0.245 e. The van der Waals surface area contributed by atoms with Gasteiger partial charge >= 0.3 is 0 Å². The third-order valence-corrected chi connectivity index (χ3v) is 3.91. The van der Waals surface area contributed by atoms with E-state index in [2.05, 4.69) is 32.0 Å². The molecule has 0 aromatic carbocycles. The fourth-order valence-corrected chi connectivity index (χ4v) is 2.55. The molecule has 2 unspecified atom stereocenters. The highest BCUT2D eigenvalue weighted by Gasteiger charge is 2.27. The molecular formula is C14H17N7. The minimum absolute atomic E-state index is 0.147. The molecule has 1 fully saturated rings. The molecule has 0 aliphatic carbocycles. The quantitative estimate of drug-likeness (QED) is 0.853. The largest absolute Gasteiger partial charge is 0.335 e. The van der Waals surface area contributed by atoms with Gasteiger partial charge in [0, 0.05) is 24.8 Å². The molecule has 7 heteroatoms. The number of nitrogens with two attached hydrogens (primary N) is 1. The molecule has 0 radical (unpaired) electrons. The van der Waals surface area contributed by atoms with Crippen LogP contribution in [0.3, 0.4) is 0 Å². The van der Waals surface area contributed by atoms with E-state index in [9.17, 15) is 0 Å². The zero-order valence-corrected chi connectivity index (χ0v) is 11.8. The molecule has 108 valence electrons. The van der Waals surface area contributed by atoms with Gasteiger partial charge in [0.05, 0.1) is 5.56 Å². The summed E-state index contributed by atoms with van der Waals surface area (Å²) in [4.78, 5) is 10.8. The number of piperidine rings is 1. The predicted octanol–water partition coefficient (Wildman–Crippen LogP) is 1.05. The van der Waals surface area contributed by atoms with Gasteiger partial charge in [0.2, 0.25) is 5.95 Å². The Morgan fingerprint density at radius 2 is 2.33 bits per heavy atom. The second kappa shape index (κ2) is 5.50. The Morgan fingerprint density at radius 1 is 1.48 bits per heavy atom. The Kier molecular flexibility index (Phi) is 3.54. The number of rotatable bonds is 2. The van der Waals surface area contributed by atoms with Gasteiger partial charge in [-0.15, -0.1) is 5.10 Å². The van der Waals surface area contributed by atoms with E-state index in [0.29, 0.717) is 23.0 Å². The summed E-state index contributed by atoms with van der Waals surface area (Å²) in [6, 6.07) is 5.88. The van der Waals surface area contributed by atoms with E-state index in [0.717, 1.165) is 19.4 Å². The van der Waals surface area contributed by atoms with Gasteiger partial charge in [0.1, 0.15) is 11.8 Å². The van der Waals surface area contributed by atoms with E-state index in [-0.39, 0.29) is 12.1 Å². The normalized spacial score (nSPS) is 22.0. The number of nitrogens with zero attached hydrogens (tertiary/aromatic N) is 5. The molecular weight excluding hydrogens is 266 g/mol. The third kappa shape index (κ3) is 2.58. The summed E-state index contributed by atoms with van der Waals surface area (Å²) in [5.74, 6) is 1.25. The number of aromatic nitrogens is 4. The third-order valence-electron chi connectivity index (χ3n) is 3.91. The van der Waals surface area contributed by atoms with Crippen molar-refractivity contribution in [3.63, 3.8) is 0 Å². The van der Waals surface area contributed by atoms with Gasteiger partial charge in [-0.1, -0.05) is 0 Å². The van der Waals surface area contributed by atoms with Crippen molar-refractivity contribution in [2.75, 3.05) is 11.4 Å². The summed E-state index contributed by atoms with van der Waals surface area (Å²) >= 11 is 0. The maximum atomic E-state index is 8.78. The van der Waals surface area contributed by atoms with Gasteiger partial charge in [0.25, 0.3) is 0 Å². The average molecular weight is 283 g/mol. The number of nitriles is 1. The van der Waals surface area contributed by atoms with Gasteiger partial charge < -0.3 is 10.6 Å². The van der Waals surface area contributed by atoms with E-state index < -0.39 is 0 Å². The molecule has 21 heavy (non-hydrogen) atoms. The Hall–Kier alpha value is -2.46. The zero-order chi connectivity index (χ0) is 14.8. The lowest BCUT2D eigenvalue weighted by Gasteiger charge is -2.36. The van der Waals surface area contributed by atoms with E-state index >= 15 is 0 Å². The van der Waals surface area contributed by atoms with Crippen LogP contribution in [0.1, 0.15) is 25.3 Å². The molecule has 3 N–H and O–H groups in total. The zero-order valence-electron chi connectivity index (χ0n) is 11.8. The van der Waals surface area contributed by atoms with Crippen LogP contribution >= 0.6 is 0 Å².